The zero-order valence-corrected chi connectivity index (χ0v) is 6.47. The molecule has 7 heavy (non-hydrogen) atoms. The van der Waals surface area contributed by atoms with Crippen molar-refractivity contribution in [2.24, 2.45) is 3.68 Å². The third-order valence-corrected chi connectivity index (χ3v) is 1.18. The average molecular weight is 206 g/mol. The van der Waals surface area contributed by atoms with E-state index >= 15 is 0 Å². The van der Waals surface area contributed by atoms with Crippen molar-refractivity contribution in [3.8, 4) is 0 Å². The second-order valence-corrected chi connectivity index (χ2v) is 1.59. The Morgan fingerprint density at radius 2 is 2.57 bits per heavy atom. The van der Waals surface area contributed by atoms with Crippen LogP contribution in [0.3, 0.4) is 0 Å². The molecule has 0 aliphatic carbocycles. The van der Waals surface area contributed by atoms with Gasteiger partial charge in [0.05, 0.1) is 0 Å². The van der Waals surface area contributed by atoms with Gasteiger partial charge in [0.15, 0.2) is 0 Å². The van der Waals surface area contributed by atoms with Crippen LogP contribution in [0.4, 0.5) is 0 Å². The first-order valence-electron chi connectivity index (χ1n) is 1.63. The Morgan fingerprint density at radius 3 is 2.57 bits per heavy atom. The van der Waals surface area contributed by atoms with Gasteiger partial charge in [-0.2, -0.15) is 0 Å². The molecule has 0 bridgehead atoms. The van der Waals surface area contributed by atoms with Gasteiger partial charge < -0.3 is 0 Å². The Bertz CT molecular complexity index is 69.3. The Morgan fingerprint density at radius 1 is 2.00 bits per heavy atom. The van der Waals surface area contributed by atoms with E-state index in [1.807, 2.05) is 0 Å². The SMILES string of the molecule is C=[O+][C-](CP)[N]=[Rh]. The van der Waals surface area contributed by atoms with Crippen molar-refractivity contribution in [3.63, 3.8) is 0 Å². The van der Waals surface area contributed by atoms with Gasteiger partial charge in [-0.25, -0.2) is 0 Å². The molecule has 0 aromatic carbocycles. The fourth-order valence-corrected chi connectivity index (χ4v) is 0.844. The van der Waals surface area contributed by atoms with Gasteiger partial charge in [0, 0.05) is 0 Å². The molecule has 0 rings (SSSR count). The zero-order chi connectivity index (χ0) is 5.70. The van der Waals surface area contributed by atoms with Crippen LogP contribution in [0.15, 0.2) is 3.68 Å². The topological polar surface area (TPSA) is 23.7 Å². The predicted octanol–water partition coefficient (Wildman–Crippen LogP) is 0.446. The van der Waals surface area contributed by atoms with E-state index < -0.39 is 0 Å². The van der Waals surface area contributed by atoms with Gasteiger partial charge in [0.25, 0.3) is 0 Å². The maximum atomic E-state index is 4.50. The molecule has 0 N–H and O–H groups in total. The number of rotatable bonds is 3. The van der Waals surface area contributed by atoms with Crippen molar-refractivity contribution in [3.05, 3.63) is 6.23 Å². The summed E-state index contributed by atoms with van der Waals surface area (Å²) in [7, 11) is 2.47. The van der Waals surface area contributed by atoms with E-state index in [0.29, 0.717) is 12.4 Å². The van der Waals surface area contributed by atoms with Crippen LogP contribution in [0.5, 0.6) is 0 Å². The van der Waals surface area contributed by atoms with Gasteiger partial charge in [0.1, 0.15) is 0 Å². The van der Waals surface area contributed by atoms with Crippen LogP contribution in [-0.2, 0) is 22.5 Å². The van der Waals surface area contributed by atoms with Gasteiger partial charge in [-0.3, -0.25) is 0 Å². The molecule has 0 saturated carbocycles. The van der Waals surface area contributed by atoms with E-state index in [9.17, 15) is 0 Å². The predicted molar refractivity (Wildman–Crippen MR) is 27.4 cm³/mol. The summed E-state index contributed by atoms with van der Waals surface area (Å²) in [5, 5.41) is 0. The normalized spacial score (nSPS) is 7.71. The van der Waals surface area contributed by atoms with Crippen LogP contribution in [-0.4, -0.2) is 13.0 Å². The van der Waals surface area contributed by atoms with Crippen LogP contribution in [0.1, 0.15) is 0 Å². The summed E-state index contributed by atoms with van der Waals surface area (Å²) in [4.78, 5) is 0. The molecular formula is C3H6NOPRh. The molecule has 0 fully saturated rings. The molecule has 43 valence electrons. The van der Waals surface area contributed by atoms with E-state index in [0.717, 1.165) is 0 Å². The van der Waals surface area contributed by atoms with Gasteiger partial charge in [-0.05, 0) is 0 Å². The Balaban J connectivity index is 3.36. The van der Waals surface area contributed by atoms with Crippen molar-refractivity contribution < 1.29 is 22.5 Å². The molecule has 0 radical (unpaired) electrons. The van der Waals surface area contributed by atoms with Crippen LogP contribution in [0.25, 0.3) is 0 Å². The Hall–Kier alpha value is 0.393. The summed E-state index contributed by atoms with van der Waals surface area (Å²) in [5.74, 6) is 0. The van der Waals surface area contributed by atoms with Crippen molar-refractivity contribution in [1.82, 2.24) is 0 Å². The minimum absolute atomic E-state index is 0.609. The molecule has 0 heterocycles. The van der Waals surface area contributed by atoms with E-state index in [1.54, 1.807) is 0 Å². The van der Waals surface area contributed by atoms with E-state index in [1.165, 1.54) is 0 Å². The summed E-state index contributed by atoms with van der Waals surface area (Å²) in [5.41, 5.74) is 0. The summed E-state index contributed by atoms with van der Waals surface area (Å²) >= 11 is 2.36. The number of nitrogens with zero attached hydrogens (tertiary/aromatic N) is 1. The first-order valence-corrected chi connectivity index (χ1v) is 3.18. The third-order valence-electron chi connectivity index (χ3n) is 0.424. The van der Waals surface area contributed by atoms with Gasteiger partial charge in [-0.1, -0.05) is 0 Å². The second kappa shape index (κ2) is 4.55. The fourth-order valence-electron chi connectivity index (χ4n) is 0.111. The molecular weight excluding hydrogens is 200 g/mol. The summed E-state index contributed by atoms with van der Waals surface area (Å²) in [6.07, 6.45) is 1.32. The van der Waals surface area contributed by atoms with Gasteiger partial charge in [0.2, 0.25) is 0 Å². The average Bonchev–Trinajstić information content (AvgIpc) is 1.72. The number of hydrogen-bond donors (Lipinski definition) is 0. The molecule has 1 unspecified atom stereocenters. The standard InChI is InChI=1S/C3H6NOP.Rh/c1-5-3(4)2-6;/h1-2,6H2;. The molecule has 2 nitrogen and oxygen atoms in total. The maximum absolute atomic E-state index is 4.50. The molecule has 0 aliphatic heterocycles. The molecule has 0 amide bonds. The third kappa shape index (κ3) is 3.02. The molecule has 0 aromatic heterocycles. The number of carbonyl (C=O) groups excluding carboxylic acids is 1. The summed E-state index contributed by atoms with van der Waals surface area (Å²) in [6, 6.07) is 0. The Kier molecular flexibility index (Phi) is 4.81. The molecule has 0 saturated heterocycles. The monoisotopic (exact) mass is 206 g/mol. The molecule has 0 aromatic rings. The van der Waals surface area contributed by atoms with E-state index in [-0.39, 0.29) is 0 Å². The first kappa shape index (κ1) is 7.39. The van der Waals surface area contributed by atoms with E-state index in [4.69, 9.17) is 0 Å². The Labute approximate surface area is 55.1 Å². The quantitative estimate of drug-likeness (QED) is 0.277. The van der Waals surface area contributed by atoms with Crippen molar-refractivity contribution >= 4 is 16.0 Å². The van der Waals surface area contributed by atoms with Crippen LogP contribution < -0.4 is 0 Å². The fraction of sp³-hybridized carbons (Fsp3) is 0.333. The van der Waals surface area contributed by atoms with Crippen molar-refractivity contribution in [1.29, 1.82) is 0 Å². The van der Waals surface area contributed by atoms with E-state index in [2.05, 4.69) is 42.3 Å². The van der Waals surface area contributed by atoms with Gasteiger partial charge >= 0.3 is 54.6 Å². The van der Waals surface area contributed by atoms with Crippen LogP contribution in [0, 0.1) is 6.23 Å². The van der Waals surface area contributed by atoms with Gasteiger partial charge in [-0.15, -0.1) is 0 Å². The molecule has 4 heteroatoms. The van der Waals surface area contributed by atoms with Crippen molar-refractivity contribution in [2.45, 2.75) is 0 Å². The van der Waals surface area contributed by atoms with Crippen LogP contribution >= 0.6 is 9.24 Å². The second-order valence-electron chi connectivity index (χ2n) is 0.817. The summed E-state index contributed by atoms with van der Waals surface area (Å²) < 4.78 is 8.13. The summed E-state index contributed by atoms with van der Waals surface area (Å²) in [6.45, 7) is 3.17. The molecule has 1 atom stereocenters. The first-order chi connectivity index (χ1) is 3.35. The molecule has 0 spiro atoms. The minimum atomic E-state index is 0.609. The van der Waals surface area contributed by atoms with Crippen molar-refractivity contribution in [2.75, 3.05) is 6.16 Å². The zero-order valence-electron chi connectivity index (χ0n) is 3.68. The van der Waals surface area contributed by atoms with Crippen LogP contribution in [0.2, 0.25) is 0 Å². The molecule has 0 aliphatic rings. The number of hydrogen-bond acceptors (Lipinski definition) is 1.